The Kier molecular flexibility index (Phi) is 6.81. The van der Waals surface area contributed by atoms with Crippen LogP contribution < -0.4 is 10.1 Å². The monoisotopic (exact) mass is 464 g/mol. The van der Waals surface area contributed by atoms with Crippen molar-refractivity contribution in [2.24, 2.45) is 0 Å². The van der Waals surface area contributed by atoms with Crippen molar-refractivity contribution in [1.29, 1.82) is 0 Å². The van der Waals surface area contributed by atoms with Gasteiger partial charge in [-0.2, -0.15) is 4.31 Å². The fraction of sp³-hybridized carbons (Fsp3) is 0.269. The SMILES string of the molecule is COc1ccc(CNC(=O)C[C@H]2c3ccccc3CCN2S(=O)(=O)c2ccc(C)cc2)cc1. The Labute approximate surface area is 195 Å². The van der Waals surface area contributed by atoms with Crippen LogP contribution in [0.15, 0.2) is 77.7 Å². The number of aryl methyl sites for hydroxylation is 1. The molecule has 1 heterocycles. The van der Waals surface area contributed by atoms with Gasteiger partial charge in [0.15, 0.2) is 0 Å². The Morgan fingerprint density at radius 3 is 2.42 bits per heavy atom. The van der Waals surface area contributed by atoms with Crippen molar-refractivity contribution in [3.8, 4) is 5.75 Å². The summed E-state index contributed by atoms with van der Waals surface area (Å²) < 4.78 is 33.7. The molecule has 33 heavy (non-hydrogen) atoms. The molecule has 1 aliphatic heterocycles. The summed E-state index contributed by atoms with van der Waals surface area (Å²) in [6.07, 6.45) is 0.670. The Bertz CT molecular complexity index is 1220. The largest absolute Gasteiger partial charge is 0.497 e. The molecule has 0 aliphatic carbocycles. The lowest BCUT2D eigenvalue weighted by atomic mass is 9.92. The number of carbonyl (C=O) groups excluding carboxylic acids is 1. The highest BCUT2D eigenvalue weighted by Crippen LogP contribution is 2.36. The Hall–Kier alpha value is -3.16. The van der Waals surface area contributed by atoms with Gasteiger partial charge in [0.25, 0.3) is 0 Å². The normalized spacial score (nSPS) is 16.1. The molecule has 3 aromatic rings. The highest BCUT2D eigenvalue weighted by molar-refractivity contribution is 7.89. The van der Waals surface area contributed by atoms with E-state index in [2.05, 4.69) is 5.32 Å². The van der Waals surface area contributed by atoms with Crippen LogP contribution in [0, 0.1) is 6.92 Å². The maximum absolute atomic E-state index is 13.5. The summed E-state index contributed by atoms with van der Waals surface area (Å²) in [5.41, 5.74) is 3.91. The molecule has 0 radical (unpaired) electrons. The van der Waals surface area contributed by atoms with Crippen LogP contribution in [-0.2, 0) is 27.8 Å². The molecular weight excluding hydrogens is 436 g/mol. The number of amides is 1. The van der Waals surface area contributed by atoms with Gasteiger partial charge in [-0.05, 0) is 54.3 Å². The van der Waals surface area contributed by atoms with Gasteiger partial charge in [0.2, 0.25) is 15.9 Å². The van der Waals surface area contributed by atoms with E-state index in [1.165, 1.54) is 4.31 Å². The van der Waals surface area contributed by atoms with Crippen LogP contribution in [0.25, 0.3) is 0 Å². The van der Waals surface area contributed by atoms with Gasteiger partial charge in [-0.15, -0.1) is 0 Å². The zero-order chi connectivity index (χ0) is 23.4. The van der Waals surface area contributed by atoms with Gasteiger partial charge >= 0.3 is 0 Å². The number of nitrogens with one attached hydrogen (secondary N) is 1. The molecule has 0 saturated heterocycles. The van der Waals surface area contributed by atoms with Crippen molar-refractivity contribution >= 4 is 15.9 Å². The van der Waals surface area contributed by atoms with Gasteiger partial charge in [-0.1, -0.05) is 54.1 Å². The lowest BCUT2D eigenvalue weighted by molar-refractivity contribution is -0.122. The van der Waals surface area contributed by atoms with Gasteiger partial charge in [0, 0.05) is 19.5 Å². The van der Waals surface area contributed by atoms with Crippen molar-refractivity contribution < 1.29 is 17.9 Å². The highest BCUT2D eigenvalue weighted by atomic mass is 32.2. The molecule has 0 saturated carbocycles. The number of methoxy groups -OCH3 is 1. The second-order valence-electron chi connectivity index (χ2n) is 8.22. The maximum Gasteiger partial charge on any atom is 0.243 e. The van der Waals surface area contributed by atoms with Crippen LogP contribution in [-0.4, -0.2) is 32.3 Å². The summed E-state index contributed by atoms with van der Waals surface area (Å²) in [4.78, 5) is 13.2. The van der Waals surface area contributed by atoms with Crippen molar-refractivity contribution in [3.05, 3.63) is 95.1 Å². The molecule has 172 valence electrons. The van der Waals surface area contributed by atoms with E-state index < -0.39 is 16.1 Å². The molecule has 0 fully saturated rings. The van der Waals surface area contributed by atoms with E-state index in [0.717, 1.165) is 28.0 Å². The number of carbonyl (C=O) groups is 1. The fourth-order valence-corrected chi connectivity index (χ4v) is 5.77. The summed E-state index contributed by atoms with van der Waals surface area (Å²) >= 11 is 0. The minimum Gasteiger partial charge on any atom is -0.497 e. The molecule has 6 nitrogen and oxygen atoms in total. The van der Waals surface area contributed by atoms with E-state index in [1.807, 2.05) is 55.5 Å². The first kappa shape index (κ1) is 23.0. The van der Waals surface area contributed by atoms with Crippen LogP contribution in [0.2, 0.25) is 0 Å². The number of rotatable bonds is 7. The molecular formula is C26H28N2O4S. The van der Waals surface area contributed by atoms with Crippen LogP contribution >= 0.6 is 0 Å². The zero-order valence-electron chi connectivity index (χ0n) is 18.8. The summed E-state index contributed by atoms with van der Waals surface area (Å²) in [5.74, 6) is 0.553. The van der Waals surface area contributed by atoms with E-state index >= 15 is 0 Å². The Morgan fingerprint density at radius 1 is 1.03 bits per heavy atom. The molecule has 1 aliphatic rings. The van der Waals surface area contributed by atoms with E-state index in [0.29, 0.717) is 19.5 Å². The molecule has 3 aromatic carbocycles. The van der Waals surface area contributed by atoms with Gasteiger partial charge < -0.3 is 10.1 Å². The average molecular weight is 465 g/mol. The van der Waals surface area contributed by atoms with Crippen LogP contribution in [0.4, 0.5) is 0 Å². The molecule has 0 unspecified atom stereocenters. The maximum atomic E-state index is 13.5. The Morgan fingerprint density at radius 2 is 1.73 bits per heavy atom. The number of hydrogen-bond acceptors (Lipinski definition) is 4. The van der Waals surface area contributed by atoms with E-state index in [-0.39, 0.29) is 17.2 Å². The molecule has 4 rings (SSSR count). The van der Waals surface area contributed by atoms with Crippen molar-refractivity contribution in [2.45, 2.75) is 37.2 Å². The molecule has 7 heteroatoms. The van der Waals surface area contributed by atoms with E-state index in [4.69, 9.17) is 4.74 Å². The zero-order valence-corrected chi connectivity index (χ0v) is 19.6. The van der Waals surface area contributed by atoms with Gasteiger partial charge in [-0.3, -0.25) is 4.79 Å². The molecule has 0 aromatic heterocycles. The van der Waals surface area contributed by atoms with Gasteiger partial charge in [-0.25, -0.2) is 8.42 Å². The second-order valence-corrected chi connectivity index (χ2v) is 10.1. The first-order valence-corrected chi connectivity index (χ1v) is 12.4. The number of ether oxygens (including phenoxy) is 1. The van der Waals surface area contributed by atoms with Crippen molar-refractivity contribution in [1.82, 2.24) is 9.62 Å². The summed E-state index contributed by atoms with van der Waals surface area (Å²) in [6, 6.07) is 21.5. The third-order valence-corrected chi connectivity index (χ3v) is 7.94. The fourth-order valence-electron chi connectivity index (χ4n) is 4.17. The molecule has 1 amide bonds. The molecule has 1 N–H and O–H groups in total. The number of hydrogen-bond donors (Lipinski definition) is 1. The van der Waals surface area contributed by atoms with Crippen LogP contribution in [0.3, 0.4) is 0 Å². The number of benzene rings is 3. The van der Waals surface area contributed by atoms with Gasteiger partial charge in [0.1, 0.15) is 5.75 Å². The van der Waals surface area contributed by atoms with Gasteiger partial charge in [0.05, 0.1) is 18.0 Å². The number of fused-ring (bicyclic) bond motifs is 1. The second kappa shape index (κ2) is 9.77. The minimum atomic E-state index is -3.75. The first-order chi connectivity index (χ1) is 15.9. The van der Waals surface area contributed by atoms with Crippen LogP contribution in [0.5, 0.6) is 5.75 Å². The summed E-state index contributed by atoms with van der Waals surface area (Å²) in [7, 11) is -2.15. The molecule has 0 spiro atoms. The average Bonchev–Trinajstić information content (AvgIpc) is 2.83. The lowest BCUT2D eigenvalue weighted by Gasteiger charge is -2.36. The lowest BCUT2D eigenvalue weighted by Crippen LogP contribution is -2.42. The third kappa shape index (κ3) is 5.10. The minimum absolute atomic E-state index is 0.0538. The first-order valence-electron chi connectivity index (χ1n) is 10.9. The van der Waals surface area contributed by atoms with Crippen molar-refractivity contribution in [2.75, 3.05) is 13.7 Å². The topological polar surface area (TPSA) is 75.7 Å². The highest BCUT2D eigenvalue weighted by Gasteiger charge is 2.37. The van der Waals surface area contributed by atoms with E-state index in [9.17, 15) is 13.2 Å². The molecule has 1 atom stereocenters. The van der Waals surface area contributed by atoms with E-state index in [1.54, 1.807) is 31.4 Å². The number of nitrogens with zero attached hydrogens (tertiary/aromatic N) is 1. The quantitative estimate of drug-likeness (QED) is 0.574. The number of sulfonamides is 1. The van der Waals surface area contributed by atoms with Crippen LogP contribution in [0.1, 0.15) is 34.7 Å². The standard InChI is InChI=1S/C26H28N2O4S/c1-19-7-13-23(14-8-19)33(30,31)28-16-15-21-5-3-4-6-24(21)25(28)17-26(29)27-18-20-9-11-22(32-2)12-10-20/h3-14,25H,15-18H2,1-2H3,(H,27,29)/t25-/m0/s1. The predicted molar refractivity (Wildman–Crippen MR) is 127 cm³/mol. The smallest absolute Gasteiger partial charge is 0.243 e. The molecule has 0 bridgehead atoms. The summed E-state index contributed by atoms with van der Waals surface area (Å²) in [5, 5.41) is 2.93. The summed E-state index contributed by atoms with van der Waals surface area (Å²) in [6.45, 7) is 2.62. The Balaban J connectivity index is 1.56. The predicted octanol–water partition coefficient (Wildman–Crippen LogP) is 4.00. The van der Waals surface area contributed by atoms with Crippen molar-refractivity contribution in [3.63, 3.8) is 0 Å². The third-order valence-electron chi connectivity index (χ3n) is 6.02.